The predicted molar refractivity (Wildman–Crippen MR) is 138 cm³/mol. The average Bonchev–Trinajstić information content (AvgIpc) is 3.34. The maximum Gasteiger partial charge on any atom is 0.270 e. The van der Waals surface area contributed by atoms with Crippen LogP contribution in [0.3, 0.4) is 0 Å². The zero-order chi connectivity index (χ0) is 26.6. The van der Waals surface area contributed by atoms with Crippen LogP contribution >= 0.6 is 0 Å². The molecule has 0 bridgehead atoms. The number of aromatic nitrogens is 2. The van der Waals surface area contributed by atoms with Crippen molar-refractivity contribution in [1.82, 2.24) is 19.8 Å². The van der Waals surface area contributed by atoms with E-state index < -0.39 is 17.6 Å². The van der Waals surface area contributed by atoms with E-state index >= 15 is 0 Å². The molecule has 4 rings (SSSR count). The van der Waals surface area contributed by atoms with Crippen LogP contribution in [0.1, 0.15) is 64.4 Å². The smallest absolute Gasteiger partial charge is 0.270 e. The molecule has 0 saturated carbocycles. The number of nitrogens with one attached hydrogen (secondary N) is 2. The lowest BCUT2D eigenvalue weighted by atomic mass is 9.98. The number of nitrogens with two attached hydrogens (primary N) is 1. The van der Waals surface area contributed by atoms with Gasteiger partial charge in [-0.15, -0.1) is 0 Å². The lowest BCUT2D eigenvalue weighted by molar-refractivity contribution is 0.0790. The number of carbonyl (C=O) groups excluding carboxylic acids is 3. The molecule has 3 aromatic rings. The standard InChI is InChI=1S/C27H31FN6O3/c1-27(2,33-14-4-3-5-15-33)16-30-26(37)23-22(24(29)35)31-17-34(23)21-12-10-20(11-13-21)32-25(36)18-6-8-19(28)9-7-18/h6-13,17H,3-5,14-16H2,1-2H3,(H2,29,35)(H,30,37)(H,32,36). The van der Waals surface area contributed by atoms with Crippen LogP contribution in [0.4, 0.5) is 10.1 Å². The van der Waals surface area contributed by atoms with Crippen LogP contribution in [-0.4, -0.2) is 57.3 Å². The van der Waals surface area contributed by atoms with Crippen molar-refractivity contribution in [2.24, 2.45) is 5.73 Å². The number of amides is 3. The Kier molecular flexibility index (Phi) is 7.68. The lowest BCUT2D eigenvalue weighted by Gasteiger charge is -2.41. The van der Waals surface area contributed by atoms with Crippen molar-refractivity contribution in [2.75, 3.05) is 25.0 Å². The molecule has 2 heterocycles. The average molecular weight is 507 g/mol. The number of hydrogen-bond donors (Lipinski definition) is 3. The predicted octanol–water partition coefficient (Wildman–Crippen LogP) is 3.36. The fourth-order valence-electron chi connectivity index (χ4n) is 4.44. The Hall–Kier alpha value is -4.05. The number of piperidine rings is 1. The molecule has 2 aromatic carbocycles. The molecule has 1 aliphatic rings. The number of likely N-dealkylation sites (tertiary alicyclic amines) is 1. The molecule has 0 radical (unpaired) electrons. The Labute approximate surface area is 214 Å². The summed E-state index contributed by atoms with van der Waals surface area (Å²) in [5, 5.41) is 5.70. The first-order valence-corrected chi connectivity index (χ1v) is 12.2. The van der Waals surface area contributed by atoms with Gasteiger partial charge in [-0.05, 0) is 88.3 Å². The Bertz CT molecular complexity index is 1280. The molecule has 3 amide bonds. The van der Waals surface area contributed by atoms with E-state index in [0.717, 1.165) is 25.9 Å². The number of carbonyl (C=O) groups is 3. The van der Waals surface area contributed by atoms with Crippen molar-refractivity contribution in [3.63, 3.8) is 0 Å². The highest BCUT2D eigenvalue weighted by Crippen LogP contribution is 2.21. The van der Waals surface area contributed by atoms with Gasteiger partial charge in [-0.3, -0.25) is 23.9 Å². The molecule has 37 heavy (non-hydrogen) atoms. The van der Waals surface area contributed by atoms with E-state index in [1.165, 1.54) is 41.6 Å². The van der Waals surface area contributed by atoms with Crippen molar-refractivity contribution < 1.29 is 18.8 Å². The quantitative estimate of drug-likeness (QED) is 0.433. The number of imidazole rings is 1. The van der Waals surface area contributed by atoms with Crippen LogP contribution in [0.5, 0.6) is 0 Å². The SMILES string of the molecule is CC(C)(CNC(=O)c1c(C(N)=O)ncn1-c1ccc(NC(=O)c2ccc(F)cc2)cc1)N1CCCCC1. The normalized spacial score (nSPS) is 14.2. The summed E-state index contributed by atoms with van der Waals surface area (Å²) in [6, 6.07) is 11.9. The van der Waals surface area contributed by atoms with Crippen molar-refractivity contribution in [3.05, 3.63) is 77.6 Å². The van der Waals surface area contributed by atoms with E-state index in [0.29, 0.717) is 23.5 Å². The van der Waals surface area contributed by atoms with Gasteiger partial charge in [-0.2, -0.15) is 0 Å². The second-order valence-electron chi connectivity index (χ2n) is 9.73. The molecule has 1 aliphatic heterocycles. The molecule has 10 heteroatoms. The van der Waals surface area contributed by atoms with Crippen molar-refractivity contribution >= 4 is 23.4 Å². The van der Waals surface area contributed by atoms with Crippen LogP contribution < -0.4 is 16.4 Å². The van der Waals surface area contributed by atoms with Gasteiger partial charge in [0.25, 0.3) is 17.7 Å². The minimum atomic E-state index is -0.803. The molecule has 194 valence electrons. The second-order valence-corrected chi connectivity index (χ2v) is 9.73. The van der Waals surface area contributed by atoms with Crippen LogP contribution in [0.2, 0.25) is 0 Å². The molecule has 0 unspecified atom stereocenters. The summed E-state index contributed by atoms with van der Waals surface area (Å²) in [6.45, 7) is 6.53. The van der Waals surface area contributed by atoms with Gasteiger partial charge in [-0.1, -0.05) is 6.42 Å². The minimum absolute atomic E-state index is 0.0463. The van der Waals surface area contributed by atoms with E-state index in [1.807, 2.05) is 0 Å². The molecule has 1 fully saturated rings. The van der Waals surface area contributed by atoms with Gasteiger partial charge in [0, 0.05) is 29.0 Å². The third-order valence-electron chi connectivity index (χ3n) is 6.62. The van der Waals surface area contributed by atoms with E-state index in [-0.39, 0.29) is 22.8 Å². The first kappa shape index (κ1) is 26.0. The molecule has 0 atom stereocenters. The molecule has 0 aliphatic carbocycles. The van der Waals surface area contributed by atoms with Crippen LogP contribution in [0.15, 0.2) is 54.9 Å². The Balaban J connectivity index is 1.50. The van der Waals surface area contributed by atoms with Crippen LogP contribution in [0.25, 0.3) is 5.69 Å². The number of rotatable bonds is 8. The zero-order valence-corrected chi connectivity index (χ0v) is 21.0. The number of benzene rings is 2. The molecule has 9 nitrogen and oxygen atoms in total. The highest BCUT2D eigenvalue weighted by atomic mass is 19.1. The molecule has 4 N–H and O–H groups in total. The van der Waals surface area contributed by atoms with Crippen molar-refractivity contribution in [1.29, 1.82) is 0 Å². The summed E-state index contributed by atoms with van der Waals surface area (Å²) < 4.78 is 14.6. The number of anilines is 1. The van der Waals surface area contributed by atoms with E-state index in [9.17, 15) is 18.8 Å². The van der Waals surface area contributed by atoms with Crippen LogP contribution in [0, 0.1) is 5.82 Å². The summed E-state index contributed by atoms with van der Waals surface area (Å²) in [7, 11) is 0. The van der Waals surface area contributed by atoms with Gasteiger partial charge in [0.1, 0.15) is 17.8 Å². The first-order valence-electron chi connectivity index (χ1n) is 12.2. The van der Waals surface area contributed by atoms with E-state index in [2.05, 4.69) is 34.4 Å². The molecular formula is C27H31FN6O3. The van der Waals surface area contributed by atoms with E-state index in [4.69, 9.17) is 5.73 Å². The molecule has 1 saturated heterocycles. The third-order valence-corrected chi connectivity index (χ3v) is 6.62. The van der Waals surface area contributed by atoms with Gasteiger partial charge < -0.3 is 16.4 Å². The van der Waals surface area contributed by atoms with Gasteiger partial charge in [0.15, 0.2) is 5.69 Å². The largest absolute Gasteiger partial charge is 0.364 e. The Morgan fingerprint density at radius 2 is 1.62 bits per heavy atom. The molecule has 0 spiro atoms. The summed E-state index contributed by atoms with van der Waals surface area (Å²) in [5.41, 5.74) is 6.56. The number of nitrogens with zero attached hydrogens (tertiary/aromatic N) is 3. The van der Waals surface area contributed by atoms with Gasteiger partial charge in [0.2, 0.25) is 0 Å². The minimum Gasteiger partial charge on any atom is -0.364 e. The zero-order valence-electron chi connectivity index (χ0n) is 21.0. The van der Waals surface area contributed by atoms with Crippen molar-refractivity contribution in [3.8, 4) is 5.69 Å². The monoisotopic (exact) mass is 506 g/mol. The van der Waals surface area contributed by atoms with Gasteiger partial charge >= 0.3 is 0 Å². The number of halogens is 1. The summed E-state index contributed by atoms with van der Waals surface area (Å²) in [6.07, 6.45) is 4.86. The molecule has 1 aromatic heterocycles. The van der Waals surface area contributed by atoms with Crippen molar-refractivity contribution in [2.45, 2.75) is 38.6 Å². The summed E-state index contributed by atoms with van der Waals surface area (Å²) in [5.74, 6) is -2.07. The number of primary amides is 1. The highest BCUT2D eigenvalue weighted by Gasteiger charge is 2.30. The lowest BCUT2D eigenvalue weighted by Crippen LogP contribution is -2.53. The second kappa shape index (κ2) is 10.9. The maximum absolute atomic E-state index is 13.3. The third kappa shape index (κ3) is 6.03. The number of hydrogen-bond acceptors (Lipinski definition) is 5. The van der Waals surface area contributed by atoms with E-state index in [1.54, 1.807) is 24.3 Å². The summed E-state index contributed by atoms with van der Waals surface area (Å²) in [4.78, 5) is 44.2. The fourth-order valence-corrected chi connectivity index (χ4v) is 4.44. The Morgan fingerprint density at radius 1 is 0.973 bits per heavy atom. The highest BCUT2D eigenvalue weighted by molar-refractivity contribution is 6.05. The van der Waals surface area contributed by atoms with Crippen LogP contribution in [-0.2, 0) is 0 Å². The topological polar surface area (TPSA) is 122 Å². The van der Waals surface area contributed by atoms with Gasteiger partial charge in [-0.25, -0.2) is 9.37 Å². The van der Waals surface area contributed by atoms with Gasteiger partial charge in [0.05, 0.1) is 0 Å². The summed E-state index contributed by atoms with van der Waals surface area (Å²) >= 11 is 0. The first-order chi connectivity index (χ1) is 17.7. The maximum atomic E-state index is 13.3. The molecular weight excluding hydrogens is 475 g/mol. The Morgan fingerprint density at radius 3 is 2.24 bits per heavy atom. The fraction of sp³-hybridized carbons (Fsp3) is 0.333.